The third kappa shape index (κ3) is 3.87. The molecule has 0 heterocycles. The Morgan fingerprint density at radius 1 is 1.11 bits per heavy atom. The smallest absolute Gasteiger partial charge is 0.336 e. The van der Waals surface area contributed by atoms with Crippen molar-refractivity contribution in [3.63, 3.8) is 0 Å². The molecule has 0 spiro atoms. The molecule has 0 unspecified atom stereocenters. The van der Waals surface area contributed by atoms with Gasteiger partial charge in [-0.1, -0.05) is 26.3 Å². The second kappa shape index (κ2) is 6.19. The molecule has 0 saturated carbocycles. The molecule has 0 aliphatic rings. The van der Waals surface area contributed by atoms with Gasteiger partial charge >= 0.3 is 11.9 Å². The summed E-state index contributed by atoms with van der Waals surface area (Å²) in [5.74, 6) is -1.79. The van der Waals surface area contributed by atoms with Crippen molar-refractivity contribution in [1.29, 1.82) is 0 Å². The van der Waals surface area contributed by atoms with Gasteiger partial charge in [0.2, 0.25) is 0 Å². The van der Waals surface area contributed by atoms with Crippen LogP contribution in [0.15, 0.2) is 18.2 Å². The van der Waals surface area contributed by atoms with Gasteiger partial charge in [0.15, 0.2) is 0 Å². The van der Waals surface area contributed by atoms with Crippen molar-refractivity contribution in [3.8, 4) is 0 Å². The predicted octanol–water partition coefficient (Wildman–Crippen LogP) is 3.06. The first-order valence-corrected chi connectivity index (χ1v) is 6.01. The number of benzene rings is 1. The van der Waals surface area contributed by atoms with E-state index in [9.17, 15) is 9.59 Å². The largest absolute Gasteiger partial charge is 0.478 e. The summed E-state index contributed by atoms with van der Waals surface area (Å²) in [7, 11) is 0. The maximum Gasteiger partial charge on any atom is 0.336 e. The quantitative estimate of drug-likeness (QED) is 0.813. The fourth-order valence-electron chi connectivity index (χ4n) is 1.82. The first-order valence-electron chi connectivity index (χ1n) is 6.01. The van der Waals surface area contributed by atoms with Gasteiger partial charge in [-0.25, -0.2) is 9.59 Å². The highest BCUT2D eigenvalue weighted by molar-refractivity contribution is 6.01. The number of aryl methyl sites for hydroxylation is 1. The molecular weight excluding hydrogens is 232 g/mol. The highest BCUT2D eigenvalue weighted by atomic mass is 16.4. The molecule has 18 heavy (non-hydrogen) atoms. The summed E-state index contributed by atoms with van der Waals surface area (Å²) < 4.78 is 0. The third-order valence-electron chi connectivity index (χ3n) is 2.79. The lowest BCUT2D eigenvalue weighted by atomic mass is 9.98. The van der Waals surface area contributed by atoms with E-state index in [-0.39, 0.29) is 11.1 Å². The van der Waals surface area contributed by atoms with Crippen LogP contribution in [0.5, 0.6) is 0 Å². The Hall–Kier alpha value is -1.84. The van der Waals surface area contributed by atoms with Crippen LogP contribution in [0, 0.1) is 5.92 Å². The summed E-state index contributed by atoms with van der Waals surface area (Å²) in [6.07, 6.45) is 2.82. The first-order chi connectivity index (χ1) is 8.41. The molecule has 0 fully saturated rings. The van der Waals surface area contributed by atoms with Crippen molar-refractivity contribution < 1.29 is 19.8 Å². The Morgan fingerprint density at radius 3 is 2.22 bits per heavy atom. The maximum absolute atomic E-state index is 11.0. The van der Waals surface area contributed by atoms with Crippen LogP contribution < -0.4 is 0 Å². The summed E-state index contributed by atoms with van der Waals surface area (Å²) in [4.78, 5) is 21.9. The van der Waals surface area contributed by atoms with E-state index >= 15 is 0 Å². The number of aromatic carboxylic acids is 2. The fourth-order valence-corrected chi connectivity index (χ4v) is 1.82. The Bertz CT molecular complexity index is 449. The molecule has 1 aromatic carbocycles. The minimum Gasteiger partial charge on any atom is -0.478 e. The molecule has 4 heteroatoms. The van der Waals surface area contributed by atoms with Gasteiger partial charge < -0.3 is 10.2 Å². The number of carbonyl (C=O) groups is 2. The molecule has 2 N–H and O–H groups in total. The lowest BCUT2D eigenvalue weighted by Crippen LogP contribution is -2.08. The van der Waals surface area contributed by atoms with E-state index in [2.05, 4.69) is 13.8 Å². The highest BCUT2D eigenvalue weighted by Gasteiger charge is 2.16. The zero-order valence-corrected chi connectivity index (χ0v) is 10.6. The fraction of sp³-hybridized carbons (Fsp3) is 0.429. The summed E-state index contributed by atoms with van der Waals surface area (Å²) >= 11 is 0. The second-order valence-corrected chi connectivity index (χ2v) is 4.78. The van der Waals surface area contributed by atoms with E-state index in [4.69, 9.17) is 10.2 Å². The molecule has 0 radical (unpaired) electrons. The van der Waals surface area contributed by atoms with Gasteiger partial charge in [-0.2, -0.15) is 0 Å². The van der Waals surface area contributed by atoms with E-state index in [1.165, 1.54) is 12.1 Å². The van der Waals surface area contributed by atoms with Crippen LogP contribution in [-0.4, -0.2) is 22.2 Å². The van der Waals surface area contributed by atoms with E-state index in [0.717, 1.165) is 24.8 Å². The Balaban J connectivity index is 2.87. The van der Waals surface area contributed by atoms with Gasteiger partial charge in [0.1, 0.15) is 0 Å². The molecule has 1 aromatic rings. The predicted molar refractivity (Wildman–Crippen MR) is 68.1 cm³/mol. The zero-order chi connectivity index (χ0) is 13.7. The SMILES string of the molecule is CC(C)CCCc1ccc(C(=O)O)c(C(=O)O)c1. The van der Waals surface area contributed by atoms with E-state index in [0.29, 0.717) is 5.92 Å². The lowest BCUT2D eigenvalue weighted by Gasteiger charge is -2.07. The molecule has 0 aliphatic heterocycles. The zero-order valence-electron chi connectivity index (χ0n) is 10.6. The monoisotopic (exact) mass is 250 g/mol. The maximum atomic E-state index is 11.0. The molecule has 0 atom stereocenters. The van der Waals surface area contributed by atoms with Crippen molar-refractivity contribution in [2.45, 2.75) is 33.1 Å². The molecule has 0 bridgehead atoms. The summed E-state index contributed by atoms with van der Waals surface area (Å²) in [6.45, 7) is 4.27. The van der Waals surface area contributed by atoms with Gasteiger partial charge in [-0.05, 0) is 36.5 Å². The van der Waals surface area contributed by atoms with Crippen LogP contribution in [-0.2, 0) is 6.42 Å². The van der Waals surface area contributed by atoms with Gasteiger partial charge in [0.05, 0.1) is 11.1 Å². The van der Waals surface area contributed by atoms with Gasteiger partial charge in [0, 0.05) is 0 Å². The number of carboxylic acid groups (broad SMARTS) is 2. The molecule has 98 valence electrons. The molecule has 0 amide bonds. The van der Waals surface area contributed by atoms with Crippen molar-refractivity contribution in [2.24, 2.45) is 5.92 Å². The van der Waals surface area contributed by atoms with Crippen LogP contribution in [0.25, 0.3) is 0 Å². The van der Waals surface area contributed by atoms with Crippen LogP contribution in [0.1, 0.15) is 53.0 Å². The average Bonchev–Trinajstić information content (AvgIpc) is 2.28. The van der Waals surface area contributed by atoms with E-state index < -0.39 is 11.9 Å². The minimum absolute atomic E-state index is 0.135. The molecule has 0 aliphatic carbocycles. The topological polar surface area (TPSA) is 74.6 Å². The van der Waals surface area contributed by atoms with Crippen molar-refractivity contribution in [2.75, 3.05) is 0 Å². The molecule has 1 rings (SSSR count). The van der Waals surface area contributed by atoms with Crippen molar-refractivity contribution in [1.82, 2.24) is 0 Å². The number of carboxylic acids is 2. The van der Waals surface area contributed by atoms with Crippen LogP contribution in [0.4, 0.5) is 0 Å². The minimum atomic E-state index is -1.21. The van der Waals surface area contributed by atoms with Crippen LogP contribution in [0.2, 0.25) is 0 Å². The standard InChI is InChI=1S/C14H18O4/c1-9(2)4-3-5-10-6-7-11(13(15)16)12(8-10)14(17)18/h6-9H,3-5H2,1-2H3,(H,15,16)(H,17,18). The first kappa shape index (κ1) is 14.2. The van der Waals surface area contributed by atoms with Gasteiger partial charge in [0.25, 0.3) is 0 Å². The Labute approximate surface area is 106 Å². The Kier molecular flexibility index (Phi) is 4.89. The summed E-state index contributed by atoms with van der Waals surface area (Å²) in [6, 6.07) is 4.53. The van der Waals surface area contributed by atoms with Crippen LogP contribution >= 0.6 is 0 Å². The molecule has 4 nitrogen and oxygen atoms in total. The highest BCUT2D eigenvalue weighted by Crippen LogP contribution is 2.16. The molecule has 0 saturated heterocycles. The second-order valence-electron chi connectivity index (χ2n) is 4.78. The third-order valence-corrected chi connectivity index (χ3v) is 2.79. The van der Waals surface area contributed by atoms with Crippen molar-refractivity contribution in [3.05, 3.63) is 34.9 Å². The van der Waals surface area contributed by atoms with Gasteiger partial charge in [-0.3, -0.25) is 0 Å². The normalized spacial score (nSPS) is 10.6. The van der Waals surface area contributed by atoms with E-state index in [1.54, 1.807) is 6.07 Å². The number of hydrogen-bond donors (Lipinski definition) is 2. The van der Waals surface area contributed by atoms with Gasteiger partial charge in [-0.15, -0.1) is 0 Å². The lowest BCUT2D eigenvalue weighted by molar-refractivity contribution is 0.0651. The van der Waals surface area contributed by atoms with Crippen LogP contribution in [0.3, 0.4) is 0 Å². The number of hydrogen-bond acceptors (Lipinski definition) is 2. The summed E-state index contributed by atoms with van der Waals surface area (Å²) in [5, 5.41) is 17.9. The van der Waals surface area contributed by atoms with Crippen molar-refractivity contribution >= 4 is 11.9 Å². The number of rotatable bonds is 6. The Morgan fingerprint density at radius 2 is 1.72 bits per heavy atom. The average molecular weight is 250 g/mol. The molecule has 0 aromatic heterocycles. The molecular formula is C14H18O4. The summed E-state index contributed by atoms with van der Waals surface area (Å²) in [5.41, 5.74) is 0.581. The van der Waals surface area contributed by atoms with E-state index in [1.807, 2.05) is 0 Å².